The maximum absolute atomic E-state index is 12.5. The van der Waals surface area contributed by atoms with Crippen molar-refractivity contribution in [2.75, 3.05) is 7.05 Å². The molecule has 1 aromatic rings. The number of nitrogens with zero attached hydrogens (tertiary/aromatic N) is 2. The van der Waals surface area contributed by atoms with E-state index in [1.165, 1.54) is 38.5 Å². The molecule has 1 aromatic heterocycles. The van der Waals surface area contributed by atoms with Crippen LogP contribution in [-0.4, -0.2) is 29.1 Å². The second-order valence-electron chi connectivity index (χ2n) is 8.87. The number of nitrogens with one attached hydrogen (secondary N) is 2. The van der Waals surface area contributed by atoms with Crippen LogP contribution >= 0.6 is 0 Å². The molecule has 1 unspecified atom stereocenters. The lowest BCUT2D eigenvalue weighted by molar-refractivity contribution is -0.129. The normalized spacial score (nSPS) is 34.2. The van der Waals surface area contributed by atoms with Gasteiger partial charge in [0.25, 0.3) is 0 Å². The molecule has 4 saturated carbocycles. The Morgan fingerprint density at radius 3 is 2.48 bits per heavy atom. The van der Waals surface area contributed by atoms with Crippen LogP contribution < -0.4 is 10.6 Å². The molecule has 6 nitrogen and oxygen atoms in total. The number of hydrogen-bond donors (Lipinski definition) is 2. The maximum atomic E-state index is 12.5. The molecule has 0 aromatic carbocycles. The summed E-state index contributed by atoms with van der Waals surface area (Å²) in [6.07, 6.45) is 9.43. The number of carbonyl (C=O) groups is 1. The van der Waals surface area contributed by atoms with Gasteiger partial charge in [-0.25, -0.2) is 0 Å². The van der Waals surface area contributed by atoms with E-state index >= 15 is 0 Å². The molecule has 1 heterocycles. The van der Waals surface area contributed by atoms with Gasteiger partial charge in [0, 0.05) is 18.9 Å². The number of likely N-dealkylation sites (N-methyl/N-ethyl adjacent to an activating group) is 1. The van der Waals surface area contributed by atoms with Crippen LogP contribution in [0.5, 0.6) is 0 Å². The van der Waals surface area contributed by atoms with E-state index in [4.69, 9.17) is 4.52 Å². The Kier molecular flexibility index (Phi) is 4.56. The quantitative estimate of drug-likeness (QED) is 0.793. The van der Waals surface area contributed by atoms with Crippen molar-refractivity contribution in [2.24, 2.45) is 23.2 Å². The van der Waals surface area contributed by atoms with Gasteiger partial charge in [-0.05, 0) is 75.7 Å². The molecule has 138 valence electrons. The Hall–Kier alpha value is -1.43. The highest BCUT2D eigenvalue weighted by molar-refractivity contribution is 5.76. The van der Waals surface area contributed by atoms with Gasteiger partial charge in [-0.2, -0.15) is 4.98 Å². The van der Waals surface area contributed by atoms with Gasteiger partial charge in [0.2, 0.25) is 11.8 Å². The van der Waals surface area contributed by atoms with Crippen LogP contribution in [0.2, 0.25) is 0 Å². The number of hydrogen-bond acceptors (Lipinski definition) is 5. The second-order valence-corrected chi connectivity index (χ2v) is 8.87. The summed E-state index contributed by atoms with van der Waals surface area (Å²) in [6.45, 7) is 2.41. The molecule has 4 bridgehead atoms. The van der Waals surface area contributed by atoms with Gasteiger partial charge in [0.05, 0.1) is 6.54 Å². The summed E-state index contributed by atoms with van der Waals surface area (Å²) in [7, 11) is 1.91. The van der Waals surface area contributed by atoms with E-state index < -0.39 is 0 Å². The van der Waals surface area contributed by atoms with Crippen LogP contribution in [0.4, 0.5) is 0 Å². The maximum Gasteiger partial charge on any atom is 0.246 e. The zero-order valence-corrected chi connectivity index (χ0v) is 15.4. The first-order valence-corrected chi connectivity index (χ1v) is 9.79. The highest BCUT2D eigenvalue weighted by Crippen LogP contribution is 2.61. The molecule has 1 atom stereocenters. The summed E-state index contributed by atoms with van der Waals surface area (Å²) >= 11 is 0. The summed E-state index contributed by atoms with van der Waals surface area (Å²) in [6, 6.07) is 0.302. The first kappa shape index (κ1) is 17.0. The van der Waals surface area contributed by atoms with Gasteiger partial charge >= 0.3 is 0 Å². The van der Waals surface area contributed by atoms with Crippen LogP contribution in [0, 0.1) is 23.2 Å². The number of carbonyl (C=O) groups excluding carboxylic acids is 1. The van der Waals surface area contributed by atoms with Crippen LogP contribution in [0.25, 0.3) is 0 Å². The van der Waals surface area contributed by atoms with Gasteiger partial charge in [0.1, 0.15) is 0 Å². The Bertz CT molecular complexity index is 591. The smallest absolute Gasteiger partial charge is 0.246 e. The Morgan fingerprint density at radius 2 is 1.88 bits per heavy atom. The predicted molar refractivity (Wildman–Crippen MR) is 93.6 cm³/mol. The van der Waals surface area contributed by atoms with E-state index in [-0.39, 0.29) is 11.3 Å². The van der Waals surface area contributed by atoms with Crippen molar-refractivity contribution in [3.63, 3.8) is 0 Å². The molecule has 4 aliphatic carbocycles. The molecule has 25 heavy (non-hydrogen) atoms. The van der Waals surface area contributed by atoms with Crippen LogP contribution in [0.3, 0.4) is 0 Å². The highest BCUT2D eigenvalue weighted by atomic mass is 16.5. The summed E-state index contributed by atoms with van der Waals surface area (Å²) in [5.74, 6) is 3.97. The molecule has 5 rings (SSSR count). The lowest BCUT2D eigenvalue weighted by atomic mass is 9.49. The van der Waals surface area contributed by atoms with E-state index in [0.29, 0.717) is 30.7 Å². The first-order valence-electron chi connectivity index (χ1n) is 9.79. The summed E-state index contributed by atoms with van der Waals surface area (Å²) in [5.41, 5.74) is 0.279. The van der Waals surface area contributed by atoms with E-state index in [9.17, 15) is 4.79 Å². The first-order chi connectivity index (χ1) is 12.0. The third-order valence-electron chi connectivity index (χ3n) is 6.63. The van der Waals surface area contributed by atoms with E-state index in [1.54, 1.807) is 0 Å². The lowest BCUT2D eigenvalue weighted by Crippen LogP contribution is -2.47. The molecule has 4 fully saturated rings. The molecule has 1 amide bonds. The largest absolute Gasteiger partial charge is 0.347 e. The third kappa shape index (κ3) is 3.73. The van der Waals surface area contributed by atoms with Crippen molar-refractivity contribution in [1.29, 1.82) is 0 Å². The van der Waals surface area contributed by atoms with Gasteiger partial charge < -0.3 is 15.2 Å². The van der Waals surface area contributed by atoms with Gasteiger partial charge in [-0.3, -0.25) is 4.79 Å². The van der Waals surface area contributed by atoms with Crippen molar-refractivity contribution in [3.05, 3.63) is 11.7 Å². The minimum absolute atomic E-state index is 0.144. The average molecular weight is 346 g/mol. The van der Waals surface area contributed by atoms with Crippen molar-refractivity contribution < 1.29 is 9.32 Å². The fourth-order valence-electron chi connectivity index (χ4n) is 5.90. The molecule has 4 aliphatic rings. The average Bonchev–Trinajstić information content (AvgIpc) is 2.98. The molecular weight excluding hydrogens is 316 g/mol. The molecule has 0 spiro atoms. The number of aromatic nitrogens is 2. The Labute approximate surface area is 149 Å². The molecule has 2 N–H and O–H groups in total. The van der Waals surface area contributed by atoms with Gasteiger partial charge in [-0.15, -0.1) is 0 Å². The van der Waals surface area contributed by atoms with Gasteiger partial charge in [0.15, 0.2) is 5.82 Å². The lowest BCUT2D eigenvalue weighted by Gasteiger charge is -2.56. The standard InChI is InChI=1S/C19H30N4O2/c1-12(20-2)3-16-22-18(25-23-16)11-21-17(24)10-19-7-13-4-14(8-19)6-15(5-13)9-19/h12-15,20H,3-11H2,1-2H3,(H,21,24). The fraction of sp³-hybridized carbons (Fsp3) is 0.842. The van der Waals surface area contributed by atoms with Crippen molar-refractivity contribution in [2.45, 2.75) is 70.9 Å². The van der Waals surface area contributed by atoms with E-state index in [1.807, 2.05) is 7.05 Å². The summed E-state index contributed by atoms with van der Waals surface area (Å²) in [4.78, 5) is 16.9. The molecule has 0 saturated heterocycles. The minimum Gasteiger partial charge on any atom is -0.347 e. The van der Waals surface area contributed by atoms with Crippen molar-refractivity contribution in [3.8, 4) is 0 Å². The van der Waals surface area contributed by atoms with Crippen LogP contribution in [-0.2, 0) is 17.8 Å². The van der Waals surface area contributed by atoms with Crippen molar-refractivity contribution >= 4 is 5.91 Å². The monoisotopic (exact) mass is 346 g/mol. The Morgan fingerprint density at radius 1 is 1.24 bits per heavy atom. The molecular formula is C19H30N4O2. The Balaban J connectivity index is 1.28. The SMILES string of the molecule is CNC(C)Cc1noc(CNC(=O)CC23CC4CC(CC(C4)C2)C3)n1. The second kappa shape index (κ2) is 6.71. The zero-order chi connectivity index (χ0) is 17.4. The van der Waals surface area contributed by atoms with E-state index in [2.05, 4.69) is 27.7 Å². The third-order valence-corrected chi connectivity index (χ3v) is 6.63. The predicted octanol–water partition coefficient (Wildman–Crippen LogP) is 2.44. The number of rotatable bonds is 7. The molecule has 0 radical (unpaired) electrons. The summed E-state index contributed by atoms with van der Waals surface area (Å²) < 4.78 is 5.25. The fourth-order valence-corrected chi connectivity index (χ4v) is 5.90. The van der Waals surface area contributed by atoms with Gasteiger partial charge in [-0.1, -0.05) is 5.16 Å². The topological polar surface area (TPSA) is 80.0 Å². The highest BCUT2D eigenvalue weighted by Gasteiger charge is 2.51. The van der Waals surface area contributed by atoms with Crippen LogP contribution in [0.1, 0.15) is 63.6 Å². The molecule has 6 heteroatoms. The van der Waals surface area contributed by atoms with Crippen LogP contribution in [0.15, 0.2) is 4.52 Å². The van der Waals surface area contributed by atoms with Crippen molar-refractivity contribution in [1.82, 2.24) is 20.8 Å². The molecule has 0 aliphatic heterocycles. The minimum atomic E-state index is 0.144. The summed E-state index contributed by atoms with van der Waals surface area (Å²) in [5, 5.41) is 10.1. The van der Waals surface area contributed by atoms with E-state index in [0.717, 1.165) is 24.2 Å². The zero-order valence-electron chi connectivity index (χ0n) is 15.4. The number of amides is 1.